The molecule has 1 amide bonds. The zero-order valence-electron chi connectivity index (χ0n) is 8.19. The highest BCUT2D eigenvalue weighted by Gasteiger charge is 2.13. The van der Waals surface area contributed by atoms with Gasteiger partial charge < -0.3 is 15.6 Å². The Bertz CT molecular complexity index is 268. The Balaban J connectivity index is 2.34. The second kappa shape index (κ2) is 5.39. The van der Waals surface area contributed by atoms with Gasteiger partial charge in [-0.3, -0.25) is 4.79 Å². The summed E-state index contributed by atoms with van der Waals surface area (Å²) in [4.78, 5) is 11.5. The van der Waals surface area contributed by atoms with Gasteiger partial charge in [0.25, 0.3) is 0 Å². The van der Waals surface area contributed by atoms with Crippen LogP contribution >= 0.6 is 0 Å². The lowest BCUT2D eigenvalue weighted by molar-refractivity contribution is -0.124. The van der Waals surface area contributed by atoms with Crippen LogP contribution in [0.1, 0.15) is 19.0 Å². The third-order valence-corrected chi connectivity index (χ3v) is 2.08. The summed E-state index contributed by atoms with van der Waals surface area (Å²) in [6.45, 7) is 2.71. The summed E-state index contributed by atoms with van der Waals surface area (Å²) < 4.78 is 4.63. The summed E-state index contributed by atoms with van der Waals surface area (Å²) in [5, 5.41) is 6.42. The molecule has 1 heterocycles. The van der Waals surface area contributed by atoms with E-state index in [1.54, 1.807) is 6.07 Å². The minimum absolute atomic E-state index is 0.0296. The Labute approximate surface area is 82.6 Å². The molecule has 1 aromatic heterocycles. The predicted octanol–water partition coefficient (Wildman–Crippen LogP) is 0.276. The molecule has 1 unspecified atom stereocenters. The highest BCUT2D eigenvalue weighted by atomic mass is 16.5. The third kappa shape index (κ3) is 2.85. The second-order valence-corrected chi connectivity index (χ2v) is 3.05. The molecular formula is C9H15N3O2. The highest BCUT2D eigenvalue weighted by molar-refractivity contribution is 5.78. The quantitative estimate of drug-likeness (QED) is 0.710. The van der Waals surface area contributed by atoms with Crippen molar-refractivity contribution < 1.29 is 9.32 Å². The van der Waals surface area contributed by atoms with Gasteiger partial charge in [-0.1, -0.05) is 12.1 Å². The molecule has 1 aromatic rings. The fraction of sp³-hybridized carbons (Fsp3) is 0.556. The molecule has 0 bridgehead atoms. The second-order valence-electron chi connectivity index (χ2n) is 3.05. The van der Waals surface area contributed by atoms with Crippen LogP contribution in [-0.4, -0.2) is 17.6 Å². The maximum atomic E-state index is 11.5. The molecule has 0 saturated heterocycles. The first-order valence-electron chi connectivity index (χ1n) is 4.65. The van der Waals surface area contributed by atoms with Crippen molar-refractivity contribution in [1.82, 2.24) is 10.5 Å². The number of rotatable bonds is 5. The van der Waals surface area contributed by atoms with Crippen molar-refractivity contribution in [1.29, 1.82) is 0 Å². The van der Waals surface area contributed by atoms with Crippen molar-refractivity contribution in [3.05, 3.63) is 18.0 Å². The Hall–Kier alpha value is -1.36. The van der Waals surface area contributed by atoms with E-state index in [4.69, 9.17) is 5.73 Å². The molecule has 0 aliphatic heterocycles. The number of carbonyl (C=O) groups is 1. The molecular weight excluding hydrogens is 182 g/mol. The van der Waals surface area contributed by atoms with E-state index in [0.717, 1.165) is 6.42 Å². The molecule has 5 heteroatoms. The van der Waals surface area contributed by atoms with Crippen molar-refractivity contribution in [2.24, 2.45) is 11.7 Å². The molecule has 0 saturated carbocycles. The maximum absolute atomic E-state index is 11.5. The normalized spacial score (nSPS) is 12.4. The Morgan fingerprint density at radius 2 is 2.57 bits per heavy atom. The average molecular weight is 197 g/mol. The molecule has 1 rings (SSSR count). The van der Waals surface area contributed by atoms with Crippen LogP contribution in [0.25, 0.3) is 0 Å². The van der Waals surface area contributed by atoms with Crippen LogP contribution in [0.4, 0.5) is 0 Å². The first-order valence-corrected chi connectivity index (χ1v) is 4.65. The first kappa shape index (κ1) is 10.7. The van der Waals surface area contributed by atoms with Crippen molar-refractivity contribution in [2.45, 2.75) is 19.9 Å². The smallest absolute Gasteiger partial charge is 0.224 e. The van der Waals surface area contributed by atoms with Gasteiger partial charge in [0, 0.05) is 18.5 Å². The summed E-state index contributed by atoms with van der Waals surface area (Å²) in [6.07, 6.45) is 2.23. The van der Waals surface area contributed by atoms with Gasteiger partial charge in [0.15, 0.2) is 0 Å². The lowest BCUT2D eigenvalue weighted by Gasteiger charge is -2.11. The summed E-state index contributed by atoms with van der Waals surface area (Å²) >= 11 is 0. The van der Waals surface area contributed by atoms with Gasteiger partial charge in [0.1, 0.15) is 12.0 Å². The Kier molecular flexibility index (Phi) is 4.12. The molecule has 14 heavy (non-hydrogen) atoms. The summed E-state index contributed by atoms with van der Waals surface area (Å²) in [5.74, 6) is -0.139. The van der Waals surface area contributed by atoms with Crippen LogP contribution < -0.4 is 11.1 Å². The Morgan fingerprint density at radius 3 is 3.07 bits per heavy atom. The molecule has 0 aliphatic carbocycles. The van der Waals surface area contributed by atoms with E-state index in [0.29, 0.717) is 18.8 Å². The maximum Gasteiger partial charge on any atom is 0.224 e. The number of nitrogens with two attached hydrogens (primary N) is 1. The zero-order valence-corrected chi connectivity index (χ0v) is 8.19. The summed E-state index contributed by atoms with van der Waals surface area (Å²) in [6, 6.07) is 1.71. The van der Waals surface area contributed by atoms with Gasteiger partial charge >= 0.3 is 0 Å². The van der Waals surface area contributed by atoms with E-state index >= 15 is 0 Å². The van der Waals surface area contributed by atoms with E-state index in [-0.39, 0.29) is 11.8 Å². The molecule has 3 N–H and O–H groups in total. The van der Waals surface area contributed by atoms with E-state index < -0.39 is 0 Å². The van der Waals surface area contributed by atoms with Crippen LogP contribution in [0.3, 0.4) is 0 Å². The number of nitrogens with one attached hydrogen (secondary N) is 1. The van der Waals surface area contributed by atoms with Crippen molar-refractivity contribution >= 4 is 5.91 Å². The lowest BCUT2D eigenvalue weighted by Crippen LogP contribution is -2.34. The SMILES string of the molecule is CCC(CN)C(=O)NCc1ccon1. The lowest BCUT2D eigenvalue weighted by atomic mass is 10.1. The average Bonchev–Trinajstić information content (AvgIpc) is 2.69. The largest absolute Gasteiger partial charge is 0.364 e. The van der Waals surface area contributed by atoms with E-state index in [1.807, 2.05) is 6.92 Å². The molecule has 1 atom stereocenters. The van der Waals surface area contributed by atoms with Crippen molar-refractivity contribution in [3.63, 3.8) is 0 Å². The number of hydrogen-bond acceptors (Lipinski definition) is 4. The number of aromatic nitrogens is 1. The minimum atomic E-state index is -0.109. The van der Waals surface area contributed by atoms with Crippen molar-refractivity contribution in [2.75, 3.05) is 6.54 Å². The van der Waals surface area contributed by atoms with Crippen LogP contribution in [-0.2, 0) is 11.3 Å². The molecule has 0 radical (unpaired) electrons. The minimum Gasteiger partial charge on any atom is -0.364 e. The first-order chi connectivity index (χ1) is 6.77. The highest BCUT2D eigenvalue weighted by Crippen LogP contribution is 2.00. The van der Waals surface area contributed by atoms with Crippen LogP contribution in [0.2, 0.25) is 0 Å². The molecule has 0 aromatic carbocycles. The predicted molar refractivity (Wildman–Crippen MR) is 51.2 cm³/mol. The van der Waals surface area contributed by atoms with Crippen LogP contribution in [0.5, 0.6) is 0 Å². The fourth-order valence-electron chi connectivity index (χ4n) is 1.11. The van der Waals surface area contributed by atoms with Crippen LogP contribution in [0.15, 0.2) is 16.9 Å². The van der Waals surface area contributed by atoms with Gasteiger partial charge in [-0.05, 0) is 6.42 Å². The third-order valence-electron chi connectivity index (χ3n) is 2.08. The number of carbonyl (C=O) groups excluding carboxylic acids is 1. The van der Waals surface area contributed by atoms with Gasteiger partial charge in [-0.25, -0.2) is 0 Å². The van der Waals surface area contributed by atoms with Gasteiger partial charge in [-0.15, -0.1) is 0 Å². The number of nitrogens with zero attached hydrogens (tertiary/aromatic N) is 1. The van der Waals surface area contributed by atoms with Gasteiger partial charge in [0.2, 0.25) is 5.91 Å². The van der Waals surface area contributed by atoms with E-state index in [2.05, 4.69) is 15.0 Å². The van der Waals surface area contributed by atoms with E-state index in [1.165, 1.54) is 6.26 Å². The topological polar surface area (TPSA) is 81.2 Å². The zero-order chi connectivity index (χ0) is 10.4. The summed E-state index contributed by atoms with van der Waals surface area (Å²) in [5.41, 5.74) is 6.15. The summed E-state index contributed by atoms with van der Waals surface area (Å²) in [7, 11) is 0. The monoisotopic (exact) mass is 197 g/mol. The molecule has 78 valence electrons. The number of amides is 1. The molecule has 5 nitrogen and oxygen atoms in total. The standard InChI is InChI=1S/C9H15N3O2/c1-2-7(5-10)9(13)11-6-8-3-4-14-12-8/h3-4,7H,2,5-6,10H2,1H3,(H,11,13). The van der Waals surface area contributed by atoms with E-state index in [9.17, 15) is 4.79 Å². The number of hydrogen-bond donors (Lipinski definition) is 2. The molecule has 0 fully saturated rings. The molecule has 0 spiro atoms. The van der Waals surface area contributed by atoms with Crippen molar-refractivity contribution in [3.8, 4) is 0 Å². The van der Waals surface area contributed by atoms with Crippen LogP contribution in [0, 0.1) is 5.92 Å². The Morgan fingerprint density at radius 1 is 1.79 bits per heavy atom. The fourth-order valence-corrected chi connectivity index (χ4v) is 1.11. The van der Waals surface area contributed by atoms with Gasteiger partial charge in [-0.2, -0.15) is 0 Å². The molecule has 0 aliphatic rings. The van der Waals surface area contributed by atoms with Gasteiger partial charge in [0.05, 0.1) is 6.54 Å².